The summed E-state index contributed by atoms with van der Waals surface area (Å²) in [5.41, 5.74) is 0.415. The van der Waals surface area contributed by atoms with Gasteiger partial charge in [-0.25, -0.2) is 4.79 Å². The molecule has 0 radical (unpaired) electrons. The number of nitrogens with one attached hydrogen (secondary N) is 2. The first-order valence-electron chi connectivity index (χ1n) is 8.91. The summed E-state index contributed by atoms with van der Waals surface area (Å²) in [6.45, 7) is 0.675. The van der Waals surface area contributed by atoms with Crippen LogP contribution in [0.4, 0.5) is 16.2 Å². The molecule has 0 spiro atoms. The van der Waals surface area contributed by atoms with Gasteiger partial charge in [0.1, 0.15) is 0 Å². The van der Waals surface area contributed by atoms with Crippen LogP contribution in [0.2, 0.25) is 5.02 Å². The fraction of sp³-hybridized carbons (Fsp3) is 0.611. The molecule has 4 aliphatic rings. The Kier molecular flexibility index (Phi) is 4.10. The predicted molar refractivity (Wildman–Crippen MR) is 95.7 cm³/mol. The SMILES string of the molecule is O=C(NCC12CC3CC(CC(C3)C1)C2)Nc1cc([N+](=O)[O-])ccc1Cl. The van der Waals surface area contributed by atoms with Crippen LogP contribution in [-0.2, 0) is 0 Å². The quantitative estimate of drug-likeness (QED) is 0.606. The van der Waals surface area contributed by atoms with Crippen LogP contribution < -0.4 is 10.6 Å². The van der Waals surface area contributed by atoms with E-state index in [0.29, 0.717) is 6.54 Å². The Labute approximate surface area is 151 Å². The smallest absolute Gasteiger partial charge is 0.319 e. The lowest BCUT2D eigenvalue weighted by Gasteiger charge is -2.56. The maximum absolute atomic E-state index is 12.3. The summed E-state index contributed by atoms with van der Waals surface area (Å²) in [5.74, 6) is 2.51. The first-order valence-corrected chi connectivity index (χ1v) is 9.29. The highest BCUT2D eigenvalue weighted by molar-refractivity contribution is 6.33. The topological polar surface area (TPSA) is 84.3 Å². The summed E-state index contributed by atoms with van der Waals surface area (Å²) in [7, 11) is 0. The average Bonchev–Trinajstić information content (AvgIpc) is 2.54. The first kappa shape index (κ1) is 16.6. The van der Waals surface area contributed by atoms with Crippen molar-refractivity contribution in [1.82, 2.24) is 5.32 Å². The monoisotopic (exact) mass is 363 g/mol. The van der Waals surface area contributed by atoms with E-state index in [-0.39, 0.29) is 27.8 Å². The highest BCUT2D eigenvalue weighted by atomic mass is 35.5. The Hall–Kier alpha value is -1.82. The molecule has 4 bridgehead atoms. The molecule has 0 unspecified atom stereocenters. The van der Waals surface area contributed by atoms with Crippen molar-refractivity contribution >= 4 is 29.0 Å². The van der Waals surface area contributed by atoms with Crippen LogP contribution >= 0.6 is 11.6 Å². The highest BCUT2D eigenvalue weighted by Crippen LogP contribution is 2.59. The second-order valence-corrected chi connectivity index (χ2v) is 8.55. The number of rotatable bonds is 4. The molecule has 0 atom stereocenters. The van der Waals surface area contributed by atoms with Gasteiger partial charge in [-0.1, -0.05) is 11.6 Å². The fourth-order valence-corrected chi connectivity index (χ4v) is 5.83. The van der Waals surface area contributed by atoms with E-state index < -0.39 is 4.92 Å². The molecule has 4 aliphatic carbocycles. The normalized spacial score (nSPS) is 32.4. The van der Waals surface area contributed by atoms with Crippen molar-refractivity contribution in [3.8, 4) is 0 Å². The number of nitro groups is 1. The number of urea groups is 1. The largest absolute Gasteiger partial charge is 0.337 e. The van der Waals surface area contributed by atoms with Crippen molar-refractivity contribution in [2.45, 2.75) is 38.5 Å². The number of nitrogens with zero attached hydrogens (tertiary/aromatic N) is 1. The molecule has 2 N–H and O–H groups in total. The standard InChI is InChI=1S/C18H22ClN3O3/c19-15-2-1-14(22(24)25)6-16(15)21-17(23)20-10-18-7-11-3-12(8-18)5-13(4-11)9-18/h1-2,6,11-13H,3-5,7-10H2,(H2,20,21,23). The molecule has 4 saturated carbocycles. The zero-order valence-electron chi connectivity index (χ0n) is 14.0. The molecule has 0 saturated heterocycles. The Morgan fingerprint density at radius 3 is 2.36 bits per heavy atom. The number of nitro benzene ring substituents is 1. The van der Waals surface area contributed by atoms with Gasteiger partial charge < -0.3 is 10.6 Å². The minimum atomic E-state index is -0.505. The Morgan fingerprint density at radius 1 is 1.20 bits per heavy atom. The zero-order valence-corrected chi connectivity index (χ0v) is 14.7. The maximum atomic E-state index is 12.3. The number of halogens is 1. The molecule has 2 amide bonds. The van der Waals surface area contributed by atoms with E-state index in [1.807, 2.05) is 0 Å². The average molecular weight is 364 g/mol. The van der Waals surface area contributed by atoms with Gasteiger partial charge in [0, 0.05) is 18.7 Å². The summed E-state index contributed by atoms with van der Waals surface area (Å²) in [5, 5.41) is 16.8. The van der Waals surface area contributed by atoms with Crippen molar-refractivity contribution in [2.75, 3.05) is 11.9 Å². The minimum absolute atomic E-state index is 0.0965. The Bertz CT molecular complexity index is 686. The minimum Gasteiger partial charge on any atom is -0.337 e. The molecular weight excluding hydrogens is 342 g/mol. The molecule has 1 aromatic rings. The van der Waals surface area contributed by atoms with Crippen molar-refractivity contribution in [1.29, 1.82) is 0 Å². The number of carbonyl (C=O) groups excluding carboxylic acids is 1. The summed E-state index contributed by atoms with van der Waals surface area (Å²) in [4.78, 5) is 22.7. The summed E-state index contributed by atoms with van der Waals surface area (Å²) >= 11 is 6.04. The van der Waals surface area contributed by atoms with Crippen molar-refractivity contribution < 1.29 is 9.72 Å². The molecule has 4 fully saturated rings. The van der Waals surface area contributed by atoms with E-state index >= 15 is 0 Å². The lowest BCUT2D eigenvalue weighted by Crippen LogP contribution is -2.51. The number of anilines is 1. The number of non-ortho nitro benzene ring substituents is 1. The number of amides is 2. The first-order chi connectivity index (χ1) is 11.9. The van der Waals surface area contributed by atoms with Gasteiger partial charge in [-0.3, -0.25) is 10.1 Å². The molecule has 0 aromatic heterocycles. The van der Waals surface area contributed by atoms with Crippen LogP contribution in [-0.4, -0.2) is 17.5 Å². The molecule has 7 heteroatoms. The molecule has 134 valence electrons. The molecule has 25 heavy (non-hydrogen) atoms. The number of hydrogen-bond donors (Lipinski definition) is 2. The van der Waals surface area contributed by atoms with Crippen LogP contribution in [0, 0.1) is 33.3 Å². The molecule has 1 aromatic carbocycles. The van der Waals surface area contributed by atoms with Crippen molar-refractivity contribution in [2.24, 2.45) is 23.2 Å². The Morgan fingerprint density at radius 2 is 1.80 bits per heavy atom. The third kappa shape index (κ3) is 3.32. The van der Waals surface area contributed by atoms with Gasteiger partial charge in [-0.2, -0.15) is 0 Å². The number of carbonyl (C=O) groups is 1. The van der Waals surface area contributed by atoms with E-state index in [0.717, 1.165) is 17.8 Å². The van der Waals surface area contributed by atoms with Gasteiger partial charge in [-0.05, 0) is 67.8 Å². The highest BCUT2D eigenvalue weighted by Gasteiger charge is 2.50. The lowest BCUT2D eigenvalue weighted by molar-refractivity contribution is -0.384. The molecule has 5 rings (SSSR count). The summed E-state index contributed by atoms with van der Waals surface area (Å²) in [6.07, 6.45) is 7.77. The number of benzene rings is 1. The number of hydrogen-bond acceptors (Lipinski definition) is 3. The van der Waals surface area contributed by atoms with Gasteiger partial charge in [0.25, 0.3) is 5.69 Å². The van der Waals surface area contributed by atoms with Crippen LogP contribution in [0.5, 0.6) is 0 Å². The third-order valence-corrected chi connectivity index (χ3v) is 6.53. The third-order valence-electron chi connectivity index (χ3n) is 6.20. The fourth-order valence-electron chi connectivity index (χ4n) is 5.66. The molecular formula is C18H22ClN3O3. The van der Waals surface area contributed by atoms with Crippen LogP contribution in [0.25, 0.3) is 0 Å². The van der Waals surface area contributed by atoms with Crippen molar-refractivity contribution in [3.05, 3.63) is 33.3 Å². The Balaban J connectivity index is 1.39. The van der Waals surface area contributed by atoms with Gasteiger partial charge >= 0.3 is 6.03 Å². The van der Waals surface area contributed by atoms with Crippen LogP contribution in [0.3, 0.4) is 0 Å². The maximum Gasteiger partial charge on any atom is 0.319 e. The van der Waals surface area contributed by atoms with E-state index in [9.17, 15) is 14.9 Å². The second kappa shape index (κ2) is 6.16. The predicted octanol–water partition coefficient (Wildman–Crippen LogP) is 4.59. The van der Waals surface area contributed by atoms with Crippen LogP contribution in [0.1, 0.15) is 38.5 Å². The van der Waals surface area contributed by atoms with Gasteiger partial charge in [0.05, 0.1) is 15.6 Å². The van der Waals surface area contributed by atoms with Crippen molar-refractivity contribution in [3.63, 3.8) is 0 Å². The second-order valence-electron chi connectivity index (χ2n) is 8.15. The van der Waals surface area contributed by atoms with Gasteiger partial charge in [0.2, 0.25) is 0 Å². The van der Waals surface area contributed by atoms with Crippen LogP contribution in [0.15, 0.2) is 18.2 Å². The summed E-state index contributed by atoms with van der Waals surface area (Å²) < 4.78 is 0. The molecule has 0 aliphatic heterocycles. The lowest BCUT2D eigenvalue weighted by atomic mass is 9.49. The van der Waals surface area contributed by atoms with E-state index in [4.69, 9.17) is 11.6 Å². The zero-order chi connectivity index (χ0) is 17.6. The van der Waals surface area contributed by atoms with E-state index in [2.05, 4.69) is 10.6 Å². The van der Waals surface area contributed by atoms with Gasteiger partial charge in [-0.15, -0.1) is 0 Å². The van der Waals surface area contributed by atoms with E-state index in [1.54, 1.807) is 0 Å². The molecule has 6 nitrogen and oxygen atoms in total. The molecule has 0 heterocycles. The summed E-state index contributed by atoms with van der Waals surface area (Å²) in [6, 6.07) is 3.68. The van der Waals surface area contributed by atoms with Gasteiger partial charge in [0.15, 0.2) is 0 Å². The van der Waals surface area contributed by atoms with E-state index in [1.165, 1.54) is 56.7 Å².